The molecule has 0 unspecified atom stereocenters. The molecule has 1 aliphatic heterocycles. The smallest absolute Gasteiger partial charge is 0.254 e. The third kappa shape index (κ3) is 4.27. The number of carbonyl (C=O) groups is 2. The first-order valence-corrected chi connectivity index (χ1v) is 9.53. The average Bonchev–Trinajstić information content (AvgIpc) is 2.88. The van der Waals surface area contributed by atoms with Gasteiger partial charge in [0.25, 0.3) is 5.91 Å². The Morgan fingerprint density at radius 3 is 2.64 bits per heavy atom. The maximum absolute atomic E-state index is 13.0. The number of ether oxygens (including phenoxy) is 1. The van der Waals surface area contributed by atoms with E-state index in [0.29, 0.717) is 31.6 Å². The van der Waals surface area contributed by atoms with Crippen molar-refractivity contribution in [2.45, 2.75) is 32.4 Å². The fraction of sp³-hybridized carbons (Fsp3) is 0.364. The van der Waals surface area contributed by atoms with E-state index in [1.54, 1.807) is 11.0 Å². The molecule has 148 valence electrons. The summed E-state index contributed by atoms with van der Waals surface area (Å²) in [5.41, 5.74) is 1.52. The van der Waals surface area contributed by atoms with Gasteiger partial charge in [0, 0.05) is 37.7 Å². The Hall–Kier alpha value is -3.02. The van der Waals surface area contributed by atoms with E-state index < -0.39 is 0 Å². The number of phenols is 1. The number of benzene rings is 2. The Morgan fingerprint density at radius 2 is 1.96 bits per heavy atom. The van der Waals surface area contributed by atoms with Crippen LogP contribution in [0.4, 0.5) is 0 Å². The van der Waals surface area contributed by atoms with E-state index >= 15 is 0 Å². The fourth-order valence-corrected chi connectivity index (χ4v) is 3.55. The number of carbonyl (C=O) groups excluding carboxylic acids is 2. The van der Waals surface area contributed by atoms with Crippen LogP contribution in [-0.4, -0.2) is 53.0 Å². The van der Waals surface area contributed by atoms with Crippen molar-refractivity contribution in [2.75, 3.05) is 20.2 Å². The Kier molecular flexibility index (Phi) is 6.19. The van der Waals surface area contributed by atoms with Crippen molar-refractivity contribution in [1.82, 2.24) is 9.80 Å². The molecule has 1 fully saturated rings. The molecule has 1 heterocycles. The predicted molar refractivity (Wildman–Crippen MR) is 106 cm³/mol. The van der Waals surface area contributed by atoms with Gasteiger partial charge in [-0.2, -0.15) is 0 Å². The summed E-state index contributed by atoms with van der Waals surface area (Å²) in [7, 11) is 1.45. The molecule has 28 heavy (non-hydrogen) atoms. The highest BCUT2D eigenvalue weighted by Gasteiger charge is 2.31. The van der Waals surface area contributed by atoms with Crippen LogP contribution in [-0.2, 0) is 11.3 Å². The lowest BCUT2D eigenvalue weighted by atomic mass is 10.1. The van der Waals surface area contributed by atoms with Crippen LogP contribution in [0.5, 0.6) is 11.5 Å². The second-order valence-electron chi connectivity index (χ2n) is 6.96. The normalized spacial score (nSPS) is 17.4. The molecule has 2 aromatic rings. The molecule has 1 aliphatic rings. The molecule has 0 saturated carbocycles. The summed E-state index contributed by atoms with van der Waals surface area (Å²) in [4.78, 5) is 29.4. The van der Waals surface area contributed by atoms with Crippen LogP contribution < -0.4 is 4.74 Å². The number of hydrogen-bond donors (Lipinski definition) is 1. The number of nitrogens with zero attached hydrogens (tertiary/aromatic N) is 2. The van der Waals surface area contributed by atoms with Gasteiger partial charge in [0.1, 0.15) is 0 Å². The molecule has 6 nitrogen and oxygen atoms in total. The quantitative estimate of drug-likeness (QED) is 0.863. The van der Waals surface area contributed by atoms with Crippen molar-refractivity contribution in [3.8, 4) is 11.5 Å². The Balaban J connectivity index is 1.79. The predicted octanol–water partition coefficient (Wildman–Crippen LogP) is 3.05. The van der Waals surface area contributed by atoms with E-state index in [0.717, 1.165) is 12.0 Å². The molecular weight excluding hydrogens is 356 g/mol. The van der Waals surface area contributed by atoms with Crippen LogP contribution in [0.25, 0.3) is 0 Å². The number of hydrogen-bond acceptors (Lipinski definition) is 4. The van der Waals surface area contributed by atoms with Gasteiger partial charge < -0.3 is 19.6 Å². The summed E-state index contributed by atoms with van der Waals surface area (Å²) in [6.45, 7) is 3.44. The van der Waals surface area contributed by atoms with Gasteiger partial charge in [-0.05, 0) is 30.2 Å². The molecule has 0 bridgehead atoms. The lowest BCUT2D eigenvalue weighted by Crippen LogP contribution is -2.43. The minimum atomic E-state index is -0.161. The number of methoxy groups -OCH3 is 1. The van der Waals surface area contributed by atoms with Crippen molar-refractivity contribution in [2.24, 2.45) is 0 Å². The third-order valence-electron chi connectivity index (χ3n) is 5.17. The van der Waals surface area contributed by atoms with E-state index in [9.17, 15) is 14.7 Å². The van der Waals surface area contributed by atoms with Gasteiger partial charge in [-0.25, -0.2) is 0 Å². The molecule has 2 aromatic carbocycles. The minimum Gasteiger partial charge on any atom is -0.504 e. The second-order valence-corrected chi connectivity index (χ2v) is 6.96. The molecular formula is C22H26N2O4. The molecule has 3 rings (SSSR count). The second kappa shape index (κ2) is 8.78. The summed E-state index contributed by atoms with van der Waals surface area (Å²) in [5, 5.41) is 9.76. The molecule has 1 N–H and O–H groups in total. The largest absolute Gasteiger partial charge is 0.504 e. The topological polar surface area (TPSA) is 70.1 Å². The first-order valence-electron chi connectivity index (χ1n) is 9.53. The van der Waals surface area contributed by atoms with Crippen molar-refractivity contribution in [3.63, 3.8) is 0 Å². The van der Waals surface area contributed by atoms with Gasteiger partial charge in [0.05, 0.1) is 7.11 Å². The van der Waals surface area contributed by atoms with Crippen LogP contribution in [0.3, 0.4) is 0 Å². The van der Waals surface area contributed by atoms with E-state index in [1.165, 1.54) is 19.2 Å². The highest BCUT2D eigenvalue weighted by Crippen LogP contribution is 2.27. The van der Waals surface area contributed by atoms with Gasteiger partial charge in [-0.1, -0.05) is 37.3 Å². The third-order valence-corrected chi connectivity index (χ3v) is 5.17. The summed E-state index contributed by atoms with van der Waals surface area (Å²) >= 11 is 0. The summed E-state index contributed by atoms with van der Waals surface area (Å²) < 4.78 is 5.11. The fourth-order valence-electron chi connectivity index (χ4n) is 3.55. The summed E-state index contributed by atoms with van der Waals surface area (Å²) in [6, 6.07) is 14.4. The Morgan fingerprint density at radius 1 is 1.21 bits per heavy atom. The zero-order chi connectivity index (χ0) is 20.1. The van der Waals surface area contributed by atoms with Crippen LogP contribution in [0.1, 0.15) is 35.7 Å². The van der Waals surface area contributed by atoms with Crippen molar-refractivity contribution < 1.29 is 19.4 Å². The SMILES string of the molecule is CC[C@@H]1CN(C(=O)c2ccc(O)c(OC)c2)CCC(=O)N1Cc1ccccc1. The highest BCUT2D eigenvalue weighted by atomic mass is 16.5. The van der Waals surface area contributed by atoms with Crippen LogP contribution >= 0.6 is 0 Å². The number of rotatable bonds is 5. The van der Waals surface area contributed by atoms with Crippen molar-refractivity contribution >= 4 is 11.8 Å². The maximum atomic E-state index is 13.0. The highest BCUT2D eigenvalue weighted by molar-refractivity contribution is 5.95. The first-order chi connectivity index (χ1) is 13.5. The molecule has 0 aliphatic carbocycles. The van der Waals surface area contributed by atoms with Crippen molar-refractivity contribution in [3.05, 3.63) is 59.7 Å². The Bertz CT molecular complexity index is 838. The number of amides is 2. The number of phenolic OH excluding ortho intramolecular Hbond substituents is 1. The molecule has 2 amide bonds. The Labute approximate surface area is 165 Å². The standard InChI is InChI=1S/C22H26N2O4/c1-3-18-15-23(22(27)17-9-10-19(25)20(13-17)28-2)12-11-21(26)24(18)14-16-7-5-4-6-8-16/h4-10,13,18,25H,3,11-12,14-15H2,1-2H3/t18-/m1/s1. The first kappa shape index (κ1) is 19.7. The van der Waals surface area contributed by atoms with Gasteiger partial charge in [0.15, 0.2) is 11.5 Å². The van der Waals surface area contributed by atoms with Gasteiger partial charge in [-0.3, -0.25) is 9.59 Å². The zero-order valence-corrected chi connectivity index (χ0v) is 16.3. The van der Waals surface area contributed by atoms with E-state index in [2.05, 4.69) is 0 Å². The van der Waals surface area contributed by atoms with Crippen LogP contribution in [0, 0.1) is 0 Å². The van der Waals surface area contributed by atoms with Gasteiger partial charge >= 0.3 is 0 Å². The monoisotopic (exact) mass is 382 g/mol. The lowest BCUT2D eigenvalue weighted by Gasteiger charge is -2.31. The number of aromatic hydroxyl groups is 1. The van der Waals surface area contributed by atoms with Crippen LogP contribution in [0.2, 0.25) is 0 Å². The van der Waals surface area contributed by atoms with Crippen LogP contribution in [0.15, 0.2) is 48.5 Å². The lowest BCUT2D eigenvalue weighted by molar-refractivity contribution is -0.133. The molecule has 6 heteroatoms. The molecule has 1 atom stereocenters. The molecule has 1 saturated heterocycles. The maximum Gasteiger partial charge on any atom is 0.254 e. The molecule has 0 radical (unpaired) electrons. The van der Waals surface area contributed by atoms with E-state index in [4.69, 9.17) is 4.74 Å². The molecule has 0 spiro atoms. The molecule has 0 aromatic heterocycles. The van der Waals surface area contributed by atoms with E-state index in [-0.39, 0.29) is 29.4 Å². The average molecular weight is 382 g/mol. The minimum absolute atomic E-state index is 0.00874. The van der Waals surface area contributed by atoms with E-state index in [1.807, 2.05) is 42.2 Å². The van der Waals surface area contributed by atoms with Gasteiger partial charge in [0.2, 0.25) is 5.91 Å². The summed E-state index contributed by atoms with van der Waals surface area (Å²) in [5.74, 6) is 0.153. The zero-order valence-electron chi connectivity index (χ0n) is 16.3. The summed E-state index contributed by atoms with van der Waals surface area (Å²) in [6.07, 6.45) is 1.06. The van der Waals surface area contributed by atoms with Gasteiger partial charge in [-0.15, -0.1) is 0 Å². The van der Waals surface area contributed by atoms with Crippen molar-refractivity contribution in [1.29, 1.82) is 0 Å².